The third-order valence-electron chi connectivity index (χ3n) is 5.34. The van der Waals surface area contributed by atoms with E-state index in [1.807, 2.05) is 19.2 Å². The van der Waals surface area contributed by atoms with Crippen LogP contribution >= 0.6 is 22.9 Å². The van der Waals surface area contributed by atoms with Crippen LogP contribution in [-0.4, -0.2) is 25.1 Å². The Hall–Kier alpha value is -3.49. The number of carbonyl (C=O) groups excluding carboxylic acids is 1. The maximum absolute atomic E-state index is 12.8. The molecule has 3 heterocycles. The van der Waals surface area contributed by atoms with Gasteiger partial charge in [-0.3, -0.25) is 4.79 Å². The summed E-state index contributed by atoms with van der Waals surface area (Å²) in [6, 6.07) is 13.5. The number of fused-ring (bicyclic) bond motifs is 3. The van der Waals surface area contributed by atoms with Crippen molar-refractivity contribution in [3.63, 3.8) is 0 Å². The number of nitrogens with one attached hydrogen (secondary N) is 1. The summed E-state index contributed by atoms with van der Waals surface area (Å²) < 4.78 is 3.32. The van der Waals surface area contributed by atoms with Gasteiger partial charge in [-0.05, 0) is 37.1 Å². The van der Waals surface area contributed by atoms with Gasteiger partial charge in [-0.25, -0.2) is 18.9 Å². The first-order valence-corrected chi connectivity index (χ1v) is 11.2. The number of aryl methyl sites for hydroxylation is 1. The molecule has 0 bridgehead atoms. The van der Waals surface area contributed by atoms with E-state index >= 15 is 0 Å². The van der Waals surface area contributed by atoms with Crippen molar-refractivity contribution in [3.8, 4) is 11.1 Å². The molecule has 0 saturated heterocycles. The van der Waals surface area contributed by atoms with Crippen LogP contribution in [0.25, 0.3) is 27.0 Å². The number of amides is 1. The van der Waals surface area contributed by atoms with E-state index in [1.54, 1.807) is 18.2 Å². The molecular weight excluding hydrogens is 446 g/mol. The fourth-order valence-electron chi connectivity index (χ4n) is 3.54. The van der Waals surface area contributed by atoms with Crippen molar-refractivity contribution in [3.05, 3.63) is 80.8 Å². The highest BCUT2D eigenvalue weighted by Gasteiger charge is 2.17. The normalized spacial score (nSPS) is 11.3. The number of aromatic nitrogens is 4. The zero-order chi connectivity index (χ0) is 22.4. The van der Waals surface area contributed by atoms with Crippen molar-refractivity contribution < 1.29 is 4.79 Å². The molecule has 0 saturated carbocycles. The molecule has 0 spiro atoms. The van der Waals surface area contributed by atoms with Gasteiger partial charge in [-0.2, -0.15) is 0 Å². The Morgan fingerprint density at radius 3 is 2.72 bits per heavy atom. The minimum Gasteiger partial charge on any atom is -0.324 e. The van der Waals surface area contributed by atoms with Crippen LogP contribution in [0.5, 0.6) is 0 Å². The van der Waals surface area contributed by atoms with Crippen molar-refractivity contribution >= 4 is 50.4 Å². The van der Waals surface area contributed by atoms with Gasteiger partial charge in [0.05, 0.1) is 10.2 Å². The van der Waals surface area contributed by atoms with Crippen LogP contribution in [0.4, 0.5) is 5.69 Å². The van der Waals surface area contributed by atoms with Crippen molar-refractivity contribution in [1.29, 1.82) is 0 Å². The van der Waals surface area contributed by atoms with Gasteiger partial charge in [-0.15, -0.1) is 16.4 Å². The van der Waals surface area contributed by atoms with Crippen LogP contribution < -0.4 is 11.0 Å². The maximum atomic E-state index is 12.8. The molecule has 32 heavy (non-hydrogen) atoms. The molecular formula is C23H18ClN5O2S. The van der Waals surface area contributed by atoms with E-state index in [4.69, 9.17) is 11.6 Å². The van der Waals surface area contributed by atoms with Gasteiger partial charge in [0, 0.05) is 21.7 Å². The van der Waals surface area contributed by atoms with Crippen molar-refractivity contribution in [2.75, 3.05) is 5.32 Å². The lowest BCUT2D eigenvalue weighted by molar-refractivity contribution is -0.117. The number of carbonyl (C=O) groups is 1. The van der Waals surface area contributed by atoms with E-state index < -0.39 is 5.69 Å². The van der Waals surface area contributed by atoms with Gasteiger partial charge in [0.1, 0.15) is 12.9 Å². The van der Waals surface area contributed by atoms with Crippen LogP contribution in [0, 0.1) is 13.8 Å². The molecule has 160 valence electrons. The minimum atomic E-state index is -0.419. The van der Waals surface area contributed by atoms with Gasteiger partial charge in [0.2, 0.25) is 5.91 Å². The molecule has 1 amide bonds. The predicted molar refractivity (Wildman–Crippen MR) is 128 cm³/mol. The summed E-state index contributed by atoms with van der Waals surface area (Å²) in [6.45, 7) is 3.64. The molecule has 0 atom stereocenters. The number of hydrogen-bond donors (Lipinski definition) is 1. The summed E-state index contributed by atoms with van der Waals surface area (Å²) in [7, 11) is 0. The standard InChI is InChI=1S/C23H18ClN5O2S/c1-13-6-8-15(9-7-13)16-11-32-21-20(16)25-12-28-22(21)27-29(23(28)31)10-19(30)26-18-5-3-4-17(24)14(18)2/h3-9,11-12H,10H2,1-2H3,(H,26,30). The summed E-state index contributed by atoms with van der Waals surface area (Å²) in [5.41, 5.74) is 5.43. The Morgan fingerprint density at radius 2 is 1.94 bits per heavy atom. The summed E-state index contributed by atoms with van der Waals surface area (Å²) >= 11 is 7.59. The number of thiophene rings is 1. The Morgan fingerprint density at radius 1 is 1.16 bits per heavy atom. The molecule has 3 aromatic heterocycles. The largest absolute Gasteiger partial charge is 0.352 e. The van der Waals surface area contributed by atoms with E-state index in [-0.39, 0.29) is 12.5 Å². The predicted octanol–water partition coefficient (Wildman–Crippen LogP) is 4.68. The summed E-state index contributed by atoms with van der Waals surface area (Å²) in [5.74, 6) is -0.364. The maximum Gasteiger partial charge on any atom is 0.352 e. The fraction of sp³-hybridized carbons (Fsp3) is 0.130. The molecule has 7 nitrogen and oxygen atoms in total. The molecule has 5 rings (SSSR count). The third-order valence-corrected chi connectivity index (χ3v) is 6.71. The lowest BCUT2D eigenvalue weighted by atomic mass is 10.1. The van der Waals surface area contributed by atoms with Crippen LogP contribution in [0.3, 0.4) is 0 Å². The first-order chi connectivity index (χ1) is 15.4. The van der Waals surface area contributed by atoms with E-state index in [0.29, 0.717) is 16.4 Å². The third kappa shape index (κ3) is 3.47. The van der Waals surface area contributed by atoms with Gasteiger partial charge >= 0.3 is 5.69 Å². The molecule has 5 aromatic rings. The number of nitrogens with zero attached hydrogens (tertiary/aromatic N) is 4. The Bertz CT molecular complexity index is 1550. The summed E-state index contributed by atoms with van der Waals surface area (Å²) in [6.07, 6.45) is 1.47. The molecule has 0 aliphatic heterocycles. The highest BCUT2D eigenvalue weighted by Crippen LogP contribution is 2.34. The number of halogens is 1. The molecule has 0 radical (unpaired) electrons. The van der Waals surface area contributed by atoms with Crippen LogP contribution in [0.15, 0.2) is 59.0 Å². The Kier molecular flexibility index (Phi) is 5.03. The molecule has 0 aliphatic carbocycles. The monoisotopic (exact) mass is 463 g/mol. The zero-order valence-corrected chi connectivity index (χ0v) is 18.9. The van der Waals surface area contributed by atoms with Gasteiger partial charge < -0.3 is 5.32 Å². The van der Waals surface area contributed by atoms with E-state index in [1.165, 1.54) is 27.6 Å². The number of anilines is 1. The lowest BCUT2D eigenvalue weighted by Gasteiger charge is -2.08. The van der Waals surface area contributed by atoms with Gasteiger partial charge in [0.25, 0.3) is 0 Å². The first kappa shape index (κ1) is 20.4. The average Bonchev–Trinajstić information content (AvgIpc) is 3.34. The summed E-state index contributed by atoms with van der Waals surface area (Å²) in [4.78, 5) is 29.9. The van der Waals surface area contributed by atoms with Gasteiger partial charge in [0.15, 0.2) is 5.65 Å². The van der Waals surface area contributed by atoms with E-state index in [0.717, 1.165) is 31.6 Å². The topological polar surface area (TPSA) is 81.3 Å². The van der Waals surface area contributed by atoms with Crippen molar-refractivity contribution in [2.45, 2.75) is 20.4 Å². The zero-order valence-electron chi connectivity index (χ0n) is 17.3. The van der Waals surface area contributed by atoms with Crippen molar-refractivity contribution in [1.82, 2.24) is 19.2 Å². The molecule has 2 aromatic carbocycles. The SMILES string of the molecule is Cc1ccc(-c2csc3c2ncn2c(=O)n(CC(=O)Nc4cccc(Cl)c4C)nc32)cc1. The molecule has 1 N–H and O–H groups in total. The molecule has 9 heteroatoms. The van der Waals surface area contributed by atoms with Crippen LogP contribution in [0.2, 0.25) is 5.02 Å². The number of benzene rings is 2. The highest BCUT2D eigenvalue weighted by molar-refractivity contribution is 7.18. The smallest absolute Gasteiger partial charge is 0.324 e. The second kappa shape index (κ2) is 7.89. The fourth-order valence-corrected chi connectivity index (χ4v) is 4.72. The van der Waals surface area contributed by atoms with E-state index in [2.05, 4.69) is 39.7 Å². The second-order valence-corrected chi connectivity index (χ2v) is 8.82. The van der Waals surface area contributed by atoms with Crippen LogP contribution in [0.1, 0.15) is 11.1 Å². The lowest BCUT2D eigenvalue weighted by Crippen LogP contribution is -2.28. The number of rotatable bonds is 4. The minimum absolute atomic E-state index is 0.218. The molecule has 0 fully saturated rings. The first-order valence-electron chi connectivity index (χ1n) is 9.90. The quantitative estimate of drug-likeness (QED) is 0.419. The molecule has 0 aliphatic rings. The second-order valence-electron chi connectivity index (χ2n) is 7.53. The molecule has 0 unspecified atom stereocenters. The summed E-state index contributed by atoms with van der Waals surface area (Å²) in [5, 5.41) is 9.80. The van der Waals surface area contributed by atoms with E-state index in [9.17, 15) is 9.59 Å². The average molecular weight is 464 g/mol. The Labute approximate surface area is 191 Å². The number of hydrogen-bond acceptors (Lipinski definition) is 5. The van der Waals surface area contributed by atoms with Crippen LogP contribution in [-0.2, 0) is 11.3 Å². The van der Waals surface area contributed by atoms with Crippen molar-refractivity contribution in [2.24, 2.45) is 0 Å². The highest BCUT2D eigenvalue weighted by atomic mass is 35.5. The van der Waals surface area contributed by atoms with Gasteiger partial charge in [-0.1, -0.05) is 47.5 Å². The Balaban J connectivity index is 1.50.